The molecule has 0 radical (unpaired) electrons. The Bertz CT molecular complexity index is 513. The summed E-state index contributed by atoms with van der Waals surface area (Å²) in [5, 5.41) is 3.63. The highest BCUT2D eigenvalue weighted by Crippen LogP contribution is 2.23. The van der Waals surface area contributed by atoms with Gasteiger partial charge in [0.15, 0.2) is 0 Å². The highest BCUT2D eigenvalue weighted by atomic mass is 14.9. The predicted octanol–water partition coefficient (Wildman–Crippen LogP) is 5.12. The Morgan fingerprint density at radius 1 is 1.00 bits per heavy atom. The topological polar surface area (TPSA) is 12.0 Å². The van der Waals surface area contributed by atoms with E-state index in [4.69, 9.17) is 0 Å². The van der Waals surface area contributed by atoms with Crippen molar-refractivity contribution < 1.29 is 0 Å². The normalized spacial score (nSPS) is 12.2. The average molecular weight is 253 g/mol. The van der Waals surface area contributed by atoms with E-state index in [-0.39, 0.29) is 0 Å². The molecule has 0 fully saturated rings. The molecule has 2 aromatic rings. The van der Waals surface area contributed by atoms with Gasteiger partial charge in [-0.25, -0.2) is 0 Å². The predicted molar refractivity (Wildman–Crippen MR) is 83.7 cm³/mol. The standard InChI is InChI=1S/C18H23N/c1-4-7-17-8-5-6-9-18(17)19-15(3)16-12-10-14(2)11-13-16/h5-6,8-13,15,19H,4,7H2,1-3H3. The molecule has 0 saturated heterocycles. The average Bonchev–Trinajstić information content (AvgIpc) is 2.42. The summed E-state index contributed by atoms with van der Waals surface area (Å²) >= 11 is 0. The van der Waals surface area contributed by atoms with Crippen LogP contribution in [0.15, 0.2) is 48.5 Å². The second-order valence-electron chi connectivity index (χ2n) is 5.18. The molecule has 1 atom stereocenters. The quantitative estimate of drug-likeness (QED) is 0.779. The molecule has 0 bridgehead atoms. The summed E-state index contributed by atoms with van der Waals surface area (Å²) in [6.07, 6.45) is 2.31. The van der Waals surface area contributed by atoms with Crippen LogP contribution in [-0.4, -0.2) is 0 Å². The Morgan fingerprint density at radius 3 is 2.37 bits per heavy atom. The van der Waals surface area contributed by atoms with Crippen LogP contribution in [0.3, 0.4) is 0 Å². The van der Waals surface area contributed by atoms with Gasteiger partial charge in [0.25, 0.3) is 0 Å². The first-order chi connectivity index (χ1) is 9.20. The number of aryl methyl sites for hydroxylation is 2. The van der Waals surface area contributed by atoms with Crippen molar-refractivity contribution >= 4 is 5.69 Å². The van der Waals surface area contributed by atoms with E-state index in [1.165, 1.54) is 28.8 Å². The Hall–Kier alpha value is -1.76. The number of rotatable bonds is 5. The molecule has 0 aliphatic heterocycles. The van der Waals surface area contributed by atoms with Gasteiger partial charge >= 0.3 is 0 Å². The van der Waals surface area contributed by atoms with Gasteiger partial charge in [0, 0.05) is 11.7 Å². The van der Waals surface area contributed by atoms with Gasteiger partial charge in [-0.3, -0.25) is 0 Å². The molecule has 0 aliphatic carbocycles. The van der Waals surface area contributed by atoms with Gasteiger partial charge in [-0.05, 0) is 37.5 Å². The lowest BCUT2D eigenvalue weighted by Crippen LogP contribution is -2.08. The molecule has 1 heteroatoms. The van der Waals surface area contributed by atoms with Crippen molar-refractivity contribution in [2.24, 2.45) is 0 Å². The van der Waals surface area contributed by atoms with E-state index >= 15 is 0 Å². The van der Waals surface area contributed by atoms with Crippen molar-refractivity contribution in [3.63, 3.8) is 0 Å². The van der Waals surface area contributed by atoms with Crippen molar-refractivity contribution in [1.29, 1.82) is 0 Å². The molecule has 0 amide bonds. The van der Waals surface area contributed by atoms with Crippen LogP contribution in [-0.2, 0) is 6.42 Å². The first-order valence-corrected chi connectivity index (χ1v) is 7.11. The lowest BCUT2D eigenvalue weighted by atomic mass is 10.0. The third-order valence-electron chi connectivity index (χ3n) is 3.49. The third kappa shape index (κ3) is 3.60. The Morgan fingerprint density at radius 2 is 1.68 bits per heavy atom. The van der Waals surface area contributed by atoms with E-state index in [1.807, 2.05) is 0 Å². The third-order valence-corrected chi connectivity index (χ3v) is 3.49. The van der Waals surface area contributed by atoms with Crippen LogP contribution < -0.4 is 5.32 Å². The zero-order chi connectivity index (χ0) is 13.7. The van der Waals surface area contributed by atoms with E-state index in [0.717, 1.165) is 6.42 Å². The summed E-state index contributed by atoms with van der Waals surface area (Å²) < 4.78 is 0. The SMILES string of the molecule is CCCc1ccccc1NC(C)c1ccc(C)cc1. The summed E-state index contributed by atoms with van der Waals surface area (Å²) in [5.41, 5.74) is 5.31. The molecular weight excluding hydrogens is 230 g/mol. The maximum absolute atomic E-state index is 3.63. The molecule has 2 aromatic carbocycles. The first-order valence-electron chi connectivity index (χ1n) is 7.11. The van der Waals surface area contributed by atoms with Gasteiger partial charge in [0.05, 0.1) is 0 Å². The molecular formula is C18H23N. The van der Waals surface area contributed by atoms with Crippen LogP contribution in [0.25, 0.3) is 0 Å². The van der Waals surface area contributed by atoms with Crippen molar-refractivity contribution in [3.8, 4) is 0 Å². The fraction of sp³-hybridized carbons (Fsp3) is 0.333. The Labute approximate surface area is 116 Å². The largest absolute Gasteiger partial charge is 0.378 e. The number of nitrogens with one attached hydrogen (secondary N) is 1. The molecule has 1 nitrogen and oxygen atoms in total. The van der Waals surface area contributed by atoms with E-state index in [2.05, 4.69) is 74.6 Å². The number of hydrogen-bond donors (Lipinski definition) is 1. The Kier molecular flexibility index (Phi) is 4.62. The summed E-state index contributed by atoms with van der Waals surface area (Å²) in [6, 6.07) is 17.7. The van der Waals surface area contributed by atoms with Gasteiger partial charge in [-0.15, -0.1) is 0 Å². The minimum absolute atomic E-state index is 0.332. The summed E-state index contributed by atoms with van der Waals surface area (Å²) in [5.74, 6) is 0. The maximum Gasteiger partial charge on any atom is 0.0485 e. The van der Waals surface area contributed by atoms with Crippen LogP contribution in [0.4, 0.5) is 5.69 Å². The summed E-state index contributed by atoms with van der Waals surface area (Å²) in [7, 11) is 0. The molecule has 1 N–H and O–H groups in total. The second kappa shape index (κ2) is 6.42. The van der Waals surface area contributed by atoms with Crippen molar-refractivity contribution in [2.45, 2.75) is 39.7 Å². The molecule has 19 heavy (non-hydrogen) atoms. The first kappa shape index (κ1) is 13.7. The summed E-state index contributed by atoms with van der Waals surface area (Å²) in [4.78, 5) is 0. The van der Waals surface area contributed by atoms with Crippen molar-refractivity contribution in [1.82, 2.24) is 0 Å². The zero-order valence-electron chi connectivity index (χ0n) is 12.1. The smallest absolute Gasteiger partial charge is 0.0485 e. The van der Waals surface area contributed by atoms with Gasteiger partial charge in [-0.2, -0.15) is 0 Å². The fourth-order valence-electron chi connectivity index (χ4n) is 2.32. The monoisotopic (exact) mass is 253 g/mol. The molecule has 1 unspecified atom stereocenters. The van der Waals surface area contributed by atoms with E-state index in [9.17, 15) is 0 Å². The van der Waals surface area contributed by atoms with Crippen LogP contribution in [0.1, 0.15) is 43.0 Å². The molecule has 2 rings (SSSR count). The lowest BCUT2D eigenvalue weighted by molar-refractivity contribution is 0.867. The number of para-hydroxylation sites is 1. The molecule has 0 aliphatic rings. The molecule has 0 spiro atoms. The highest BCUT2D eigenvalue weighted by molar-refractivity contribution is 5.52. The lowest BCUT2D eigenvalue weighted by Gasteiger charge is -2.18. The van der Waals surface area contributed by atoms with Gasteiger partial charge in [0.2, 0.25) is 0 Å². The molecule has 0 aromatic heterocycles. The minimum atomic E-state index is 0.332. The van der Waals surface area contributed by atoms with Gasteiger partial charge in [-0.1, -0.05) is 61.4 Å². The van der Waals surface area contributed by atoms with Crippen molar-refractivity contribution in [3.05, 3.63) is 65.2 Å². The van der Waals surface area contributed by atoms with E-state index in [0.29, 0.717) is 6.04 Å². The Balaban J connectivity index is 2.14. The van der Waals surface area contributed by atoms with Gasteiger partial charge < -0.3 is 5.32 Å². The number of anilines is 1. The van der Waals surface area contributed by atoms with E-state index in [1.54, 1.807) is 0 Å². The highest BCUT2D eigenvalue weighted by Gasteiger charge is 2.07. The minimum Gasteiger partial charge on any atom is -0.378 e. The molecule has 100 valence electrons. The van der Waals surface area contributed by atoms with Crippen LogP contribution in [0, 0.1) is 6.92 Å². The second-order valence-corrected chi connectivity index (χ2v) is 5.18. The van der Waals surface area contributed by atoms with Crippen LogP contribution >= 0.6 is 0 Å². The number of hydrogen-bond acceptors (Lipinski definition) is 1. The van der Waals surface area contributed by atoms with Crippen LogP contribution in [0.2, 0.25) is 0 Å². The fourth-order valence-corrected chi connectivity index (χ4v) is 2.32. The zero-order valence-corrected chi connectivity index (χ0v) is 12.1. The van der Waals surface area contributed by atoms with E-state index < -0.39 is 0 Å². The van der Waals surface area contributed by atoms with Crippen molar-refractivity contribution in [2.75, 3.05) is 5.32 Å². The molecule has 0 heterocycles. The van der Waals surface area contributed by atoms with Gasteiger partial charge in [0.1, 0.15) is 0 Å². The number of benzene rings is 2. The van der Waals surface area contributed by atoms with Crippen LogP contribution in [0.5, 0.6) is 0 Å². The maximum atomic E-state index is 3.63. The summed E-state index contributed by atoms with van der Waals surface area (Å²) in [6.45, 7) is 6.56. The molecule has 0 saturated carbocycles.